The highest BCUT2D eigenvalue weighted by atomic mass is 16.3. The van der Waals surface area contributed by atoms with Crippen molar-refractivity contribution < 1.29 is 9.90 Å². The molecule has 0 saturated carbocycles. The normalized spacial score (nSPS) is 19.9. The van der Waals surface area contributed by atoms with Crippen LogP contribution in [0.1, 0.15) is 30.5 Å². The second-order valence-electron chi connectivity index (χ2n) is 7.16. The summed E-state index contributed by atoms with van der Waals surface area (Å²) in [5, 5.41) is 14.9. The van der Waals surface area contributed by atoms with Crippen molar-refractivity contribution in [1.82, 2.24) is 24.5 Å². The number of nitrogens with zero attached hydrogens (tertiary/aromatic N) is 5. The first-order valence-corrected chi connectivity index (χ1v) is 8.95. The third-order valence-electron chi connectivity index (χ3n) is 4.97. The van der Waals surface area contributed by atoms with Crippen LogP contribution in [0.3, 0.4) is 0 Å². The van der Waals surface area contributed by atoms with Gasteiger partial charge in [-0.05, 0) is 25.9 Å². The van der Waals surface area contributed by atoms with Gasteiger partial charge in [-0.25, -0.2) is 4.79 Å². The topological polar surface area (TPSA) is 64.8 Å². The first kappa shape index (κ1) is 17.2. The van der Waals surface area contributed by atoms with Gasteiger partial charge in [-0.2, -0.15) is 5.10 Å². The predicted molar refractivity (Wildman–Crippen MR) is 91.7 cm³/mol. The molecule has 7 nitrogen and oxygen atoms in total. The molecule has 2 aliphatic heterocycles. The minimum absolute atomic E-state index is 0.0403. The maximum atomic E-state index is 12.1. The summed E-state index contributed by atoms with van der Waals surface area (Å²) in [4.78, 5) is 17.9. The zero-order valence-corrected chi connectivity index (χ0v) is 14.8. The molecule has 0 unspecified atom stereocenters. The number of rotatable bonds is 4. The number of aliphatic hydroxyl groups excluding tert-OH is 1. The third kappa shape index (κ3) is 3.89. The molecule has 1 aromatic rings. The minimum Gasteiger partial charge on any atom is -0.390 e. The van der Waals surface area contributed by atoms with Crippen molar-refractivity contribution in [3.63, 3.8) is 0 Å². The molecule has 1 aromatic heterocycles. The van der Waals surface area contributed by atoms with Crippen LogP contribution < -0.4 is 0 Å². The zero-order chi connectivity index (χ0) is 17.1. The lowest BCUT2D eigenvalue weighted by Gasteiger charge is -2.30. The first-order chi connectivity index (χ1) is 11.5. The van der Waals surface area contributed by atoms with Gasteiger partial charge in [-0.3, -0.25) is 4.68 Å². The fraction of sp³-hybridized carbons (Fsp3) is 0.765. The Morgan fingerprint density at radius 3 is 2.71 bits per heavy atom. The van der Waals surface area contributed by atoms with E-state index in [1.54, 1.807) is 19.0 Å². The van der Waals surface area contributed by atoms with Crippen molar-refractivity contribution in [2.24, 2.45) is 0 Å². The monoisotopic (exact) mass is 335 g/mol. The van der Waals surface area contributed by atoms with Gasteiger partial charge in [-0.15, -0.1) is 0 Å². The molecule has 1 saturated heterocycles. The summed E-state index contributed by atoms with van der Waals surface area (Å²) < 4.78 is 1.93. The lowest BCUT2D eigenvalue weighted by molar-refractivity contribution is 0.0845. The molecule has 1 fully saturated rings. The molecule has 0 spiro atoms. The summed E-state index contributed by atoms with van der Waals surface area (Å²) in [7, 11) is 3.55. The Morgan fingerprint density at radius 1 is 1.25 bits per heavy atom. The molecule has 134 valence electrons. The summed E-state index contributed by atoms with van der Waals surface area (Å²) in [5.41, 5.74) is 2.26. The molecule has 1 atom stereocenters. The molecule has 0 aliphatic carbocycles. The Morgan fingerprint density at radius 2 is 2.00 bits per heavy atom. The maximum Gasteiger partial charge on any atom is 0.319 e. The molecule has 2 aliphatic rings. The summed E-state index contributed by atoms with van der Waals surface area (Å²) in [6, 6.07) is 0.0403. The van der Waals surface area contributed by atoms with Crippen molar-refractivity contribution >= 4 is 6.03 Å². The molecule has 2 amide bonds. The van der Waals surface area contributed by atoms with Crippen LogP contribution in [0.2, 0.25) is 0 Å². The van der Waals surface area contributed by atoms with Crippen LogP contribution in [0, 0.1) is 0 Å². The van der Waals surface area contributed by atoms with Crippen molar-refractivity contribution in [2.45, 2.75) is 44.9 Å². The van der Waals surface area contributed by atoms with E-state index in [9.17, 15) is 9.90 Å². The van der Waals surface area contributed by atoms with E-state index in [0.29, 0.717) is 19.6 Å². The van der Waals surface area contributed by atoms with Crippen LogP contribution in [0.5, 0.6) is 0 Å². The first-order valence-electron chi connectivity index (χ1n) is 8.95. The molecular weight excluding hydrogens is 306 g/mol. The van der Waals surface area contributed by atoms with Gasteiger partial charge >= 0.3 is 6.03 Å². The highest BCUT2D eigenvalue weighted by Crippen LogP contribution is 2.20. The number of hydrogen-bond donors (Lipinski definition) is 1. The predicted octanol–water partition coefficient (Wildman–Crippen LogP) is 0.770. The van der Waals surface area contributed by atoms with Crippen LogP contribution in [-0.2, 0) is 19.5 Å². The Labute approximate surface area is 143 Å². The highest BCUT2D eigenvalue weighted by molar-refractivity contribution is 5.74. The van der Waals surface area contributed by atoms with Crippen LogP contribution in [0.25, 0.3) is 0 Å². The van der Waals surface area contributed by atoms with E-state index in [4.69, 9.17) is 0 Å². The lowest BCUT2D eigenvalue weighted by Crippen LogP contribution is -2.42. The number of aromatic nitrogens is 2. The van der Waals surface area contributed by atoms with Crippen LogP contribution >= 0.6 is 0 Å². The highest BCUT2D eigenvalue weighted by Gasteiger charge is 2.25. The van der Waals surface area contributed by atoms with Crippen molar-refractivity contribution in [1.29, 1.82) is 0 Å². The summed E-state index contributed by atoms with van der Waals surface area (Å²) in [6.07, 6.45) is 6.03. The fourth-order valence-corrected chi connectivity index (χ4v) is 3.70. The average molecular weight is 335 g/mol. The Bertz CT molecular complexity index is 565. The molecule has 3 heterocycles. The number of β-amino-alcohol motifs (C(OH)–C–C–N with tert-alkyl or cyclic N) is 1. The van der Waals surface area contributed by atoms with E-state index >= 15 is 0 Å². The van der Waals surface area contributed by atoms with Crippen LogP contribution in [0.15, 0.2) is 6.20 Å². The second kappa shape index (κ2) is 7.53. The largest absolute Gasteiger partial charge is 0.390 e. The van der Waals surface area contributed by atoms with E-state index in [2.05, 4.69) is 10.00 Å². The number of fused-ring (bicyclic) bond motifs is 1. The SMILES string of the molecule is CN(C)C(=O)N1CCc2c(cnn2C[C@@H](O)CN2CCCCC2)C1. The Kier molecular flexibility index (Phi) is 5.40. The van der Waals surface area contributed by atoms with Gasteiger partial charge in [0.25, 0.3) is 0 Å². The molecule has 0 aromatic carbocycles. The molecule has 1 N–H and O–H groups in total. The lowest BCUT2D eigenvalue weighted by atomic mass is 10.1. The van der Waals surface area contributed by atoms with E-state index in [0.717, 1.165) is 37.3 Å². The molecule has 24 heavy (non-hydrogen) atoms. The Hall–Kier alpha value is -1.60. The summed E-state index contributed by atoms with van der Waals surface area (Å²) >= 11 is 0. The smallest absolute Gasteiger partial charge is 0.319 e. The summed E-state index contributed by atoms with van der Waals surface area (Å²) in [5.74, 6) is 0. The van der Waals surface area contributed by atoms with Crippen molar-refractivity contribution in [3.05, 3.63) is 17.5 Å². The van der Waals surface area contributed by atoms with Gasteiger partial charge in [0, 0.05) is 44.9 Å². The average Bonchev–Trinajstić information content (AvgIpc) is 2.97. The molecular formula is C17H29N5O2. The number of likely N-dealkylation sites (tertiary alicyclic amines) is 1. The van der Waals surface area contributed by atoms with Crippen molar-refractivity contribution in [3.8, 4) is 0 Å². The number of urea groups is 1. The van der Waals surface area contributed by atoms with Crippen LogP contribution in [0.4, 0.5) is 4.79 Å². The number of piperidine rings is 1. The quantitative estimate of drug-likeness (QED) is 0.883. The third-order valence-corrected chi connectivity index (χ3v) is 4.97. The van der Waals surface area contributed by atoms with E-state index in [-0.39, 0.29) is 6.03 Å². The second-order valence-corrected chi connectivity index (χ2v) is 7.16. The number of aliphatic hydroxyl groups is 1. The molecule has 3 rings (SSSR count). The van der Waals surface area contributed by atoms with Crippen molar-refractivity contribution in [2.75, 3.05) is 40.3 Å². The number of amides is 2. The number of hydrogen-bond acceptors (Lipinski definition) is 4. The van der Waals surface area contributed by atoms with E-state index in [1.807, 2.05) is 15.8 Å². The van der Waals surface area contributed by atoms with Crippen LogP contribution in [-0.4, -0.2) is 82.0 Å². The minimum atomic E-state index is -0.395. The fourth-order valence-electron chi connectivity index (χ4n) is 3.70. The van der Waals surface area contributed by atoms with Gasteiger partial charge in [0.15, 0.2) is 0 Å². The summed E-state index contributed by atoms with van der Waals surface area (Å²) in [6.45, 7) is 4.76. The van der Waals surface area contributed by atoms with E-state index < -0.39 is 6.10 Å². The maximum absolute atomic E-state index is 12.1. The molecule has 7 heteroatoms. The van der Waals surface area contributed by atoms with E-state index in [1.165, 1.54) is 19.3 Å². The van der Waals surface area contributed by atoms with Gasteiger partial charge in [0.2, 0.25) is 0 Å². The molecule has 0 bridgehead atoms. The van der Waals surface area contributed by atoms with Gasteiger partial charge in [-0.1, -0.05) is 6.42 Å². The number of carbonyl (C=O) groups excluding carboxylic acids is 1. The van der Waals surface area contributed by atoms with Gasteiger partial charge < -0.3 is 19.8 Å². The number of carbonyl (C=O) groups is 1. The standard InChI is InChI=1S/C17H29N5O2/c1-19(2)17(24)21-9-6-16-14(11-21)10-18-22(16)13-15(23)12-20-7-4-3-5-8-20/h10,15,23H,3-9,11-13H2,1-2H3/t15-/m0/s1. The van der Waals surface area contributed by atoms with Gasteiger partial charge in [0.1, 0.15) is 0 Å². The zero-order valence-electron chi connectivity index (χ0n) is 14.8. The Balaban J connectivity index is 1.58. The van der Waals surface area contributed by atoms with Gasteiger partial charge in [0.05, 0.1) is 25.4 Å². The molecule has 0 radical (unpaired) electrons.